The maximum Gasteiger partial charge on any atom is 0.306 e. The van der Waals surface area contributed by atoms with Gasteiger partial charge in [0.05, 0.1) is 25.9 Å². The predicted molar refractivity (Wildman–Crippen MR) is 184 cm³/mol. The standard InChI is InChI=1S/C40H52N2O5/c1-45-36-18-16-32(17-19-36)29-47-39(43)24-34-14-8-9-15-38(34)42-26-35(37(27-42)33-12-6-3-7-13-33)25-41-22-20-40(44,21-23-41)30-46-28-31-10-4-2-5-11-31/h2-7,10-13,16-19,34-35,37-38,44H,8-9,14-15,20-30H2,1H3/t34?,35-,37+,38+/m0/s1. The quantitative estimate of drug-likeness (QED) is 0.216. The zero-order valence-corrected chi connectivity index (χ0v) is 28.0. The Kier molecular flexibility index (Phi) is 11.6. The first-order chi connectivity index (χ1) is 23.0. The summed E-state index contributed by atoms with van der Waals surface area (Å²) in [5.41, 5.74) is 2.76. The minimum atomic E-state index is -0.761. The summed E-state index contributed by atoms with van der Waals surface area (Å²) in [6.45, 7) is 6.08. The molecule has 6 rings (SSSR count). The molecule has 2 saturated heterocycles. The first-order valence-corrected chi connectivity index (χ1v) is 17.6. The molecule has 1 saturated carbocycles. The van der Waals surface area contributed by atoms with Crippen LogP contribution in [0.25, 0.3) is 0 Å². The number of nitrogens with zero attached hydrogens (tertiary/aromatic N) is 2. The fraction of sp³-hybridized carbons (Fsp3) is 0.525. The van der Waals surface area contributed by atoms with Crippen LogP contribution in [0.4, 0.5) is 0 Å². The first kappa shape index (κ1) is 33.7. The van der Waals surface area contributed by atoms with E-state index in [4.69, 9.17) is 14.2 Å². The molecule has 0 amide bonds. The largest absolute Gasteiger partial charge is 0.497 e. The van der Waals surface area contributed by atoms with Crippen LogP contribution in [-0.4, -0.2) is 79.0 Å². The molecule has 1 unspecified atom stereocenters. The van der Waals surface area contributed by atoms with Crippen molar-refractivity contribution in [3.05, 3.63) is 102 Å². The zero-order valence-electron chi connectivity index (χ0n) is 28.0. The van der Waals surface area contributed by atoms with Crippen molar-refractivity contribution in [2.45, 2.75) is 75.7 Å². The Balaban J connectivity index is 1.04. The lowest BCUT2D eigenvalue weighted by molar-refractivity contribution is -0.147. The van der Waals surface area contributed by atoms with Crippen LogP contribution in [-0.2, 0) is 27.5 Å². The van der Waals surface area contributed by atoms with Crippen molar-refractivity contribution in [2.75, 3.05) is 46.4 Å². The number of methoxy groups -OCH3 is 1. The highest BCUT2D eigenvalue weighted by molar-refractivity contribution is 5.69. The highest BCUT2D eigenvalue weighted by Crippen LogP contribution is 2.40. The predicted octanol–water partition coefficient (Wildman–Crippen LogP) is 6.45. The van der Waals surface area contributed by atoms with Crippen LogP contribution in [0.2, 0.25) is 0 Å². The molecule has 47 heavy (non-hydrogen) atoms. The smallest absolute Gasteiger partial charge is 0.306 e. The number of ether oxygens (including phenoxy) is 3. The van der Waals surface area contributed by atoms with Gasteiger partial charge in [0.1, 0.15) is 12.4 Å². The van der Waals surface area contributed by atoms with E-state index in [2.05, 4.69) is 52.3 Å². The average Bonchev–Trinajstić information content (AvgIpc) is 3.53. The van der Waals surface area contributed by atoms with Gasteiger partial charge in [-0.15, -0.1) is 0 Å². The second kappa shape index (κ2) is 16.2. The van der Waals surface area contributed by atoms with Gasteiger partial charge in [0.15, 0.2) is 0 Å². The van der Waals surface area contributed by atoms with Crippen molar-refractivity contribution in [3.63, 3.8) is 0 Å². The molecule has 3 fully saturated rings. The van der Waals surface area contributed by atoms with Crippen molar-refractivity contribution in [3.8, 4) is 5.75 Å². The van der Waals surface area contributed by atoms with Gasteiger partial charge in [-0.1, -0.05) is 85.6 Å². The number of hydrogen-bond donors (Lipinski definition) is 1. The van der Waals surface area contributed by atoms with Crippen molar-refractivity contribution in [1.29, 1.82) is 0 Å². The number of piperidine rings is 1. The van der Waals surface area contributed by atoms with Crippen molar-refractivity contribution >= 4 is 5.97 Å². The fourth-order valence-corrected chi connectivity index (χ4v) is 8.06. The van der Waals surface area contributed by atoms with E-state index in [-0.39, 0.29) is 5.97 Å². The second-order valence-corrected chi connectivity index (χ2v) is 14.1. The topological polar surface area (TPSA) is 71.5 Å². The van der Waals surface area contributed by atoms with Crippen molar-refractivity contribution in [1.82, 2.24) is 9.80 Å². The molecule has 2 heterocycles. The van der Waals surface area contributed by atoms with E-state index in [0.29, 0.717) is 50.0 Å². The number of likely N-dealkylation sites (tertiary alicyclic amines) is 2. The van der Waals surface area contributed by atoms with Crippen LogP contribution in [0.3, 0.4) is 0 Å². The molecular weight excluding hydrogens is 588 g/mol. The van der Waals surface area contributed by atoms with Gasteiger partial charge in [-0.25, -0.2) is 0 Å². The SMILES string of the molecule is COc1ccc(COC(=O)CC2CCCC[C@H]2N2C[C@H](CN3CCC(O)(COCc4ccccc4)CC3)[C@@H](c3ccccc3)C2)cc1. The number of carbonyl (C=O) groups excluding carboxylic acids is 1. The van der Waals surface area contributed by atoms with E-state index in [1.165, 1.54) is 18.4 Å². The molecule has 0 radical (unpaired) electrons. The Morgan fingerprint density at radius 3 is 2.23 bits per heavy atom. The van der Waals surface area contributed by atoms with E-state index in [1.807, 2.05) is 42.5 Å². The number of hydrogen-bond acceptors (Lipinski definition) is 7. The molecule has 7 nitrogen and oxygen atoms in total. The molecule has 1 aliphatic carbocycles. The van der Waals surface area contributed by atoms with E-state index in [1.54, 1.807) is 7.11 Å². The van der Waals surface area contributed by atoms with Gasteiger partial charge in [0, 0.05) is 51.1 Å². The highest BCUT2D eigenvalue weighted by atomic mass is 16.5. The number of rotatable bonds is 13. The van der Waals surface area contributed by atoms with Crippen molar-refractivity contribution in [2.24, 2.45) is 11.8 Å². The van der Waals surface area contributed by atoms with Crippen LogP contribution < -0.4 is 4.74 Å². The molecule has 0 bridgehead atoms. The normalized spacial score (nSPS) is 25.0. The third kappa shape index (κ3) is 9.23. The minimum Gasteiger partial charge on any atom is -0.497 e. The molecule has 0 aromatic heterocycles. The van der Waals surface area contributed by atoms with Gasteiger partial charge < -0.3 is 24.2 Å². The summed E-state index contributed by atoms with van der Waals surface area (Å²) in [6, 6.07) is 29.3. The van der Waals surface area contributed by atoms with E-state index < -0.39 is 5.60 Å². The Hall–Kier alpha value is -3.23. The lowest BCUT2D eigenvalue weighted by Crippen LogP contribution is -2.48. The van der Waals surface area contributed by atoms with E-state index >= 15 is 0 Å². The average molecular weight is 641 g/mol. The van der Waals surface area contributed by atoms with Crippen molar-refractivity contribution < 1.29 is 24.1 Å². The molecule has 0 spiro atoms. The Bertz CT molecular complexity index is 1380. The molecule has 2 aliphatic heterocycles. The highest BCUT2D eigenvalue weighted by Gasteiger charge is 2.42. The summed E-state index contributed by atoms with van der Waals surface area (Å²) in [5.74, 6) is 1.98. The van der Waals surface area contributed by atoms with E-state index in [9.17, 15) is 9.90 Å². The minimum absolute atomic E-state index is 0.0957. The molecule has 1 N–H and O–H groups in total. The number of esters is 1. The molecule has 3 aromatic rings. The third-order valence-corrected chi connectivity index (χ3v) is 10.8. The van der Waals surface area contributed by atoms with Gasteiger partial charge in [-0.05, 0) is 66.3 Å². The molecule has 7 heteroatoms. The van der Waals surface area contributed by atoms with Crippen LogP contribution in [0.1, 0.15) is 67.6 Å². The molecular formula is C40H52N2O5. The third-order valence-electron chi connectivity index (χ3n) is 10.8. The molecule has 3 aliphatic rings. The van der Waals surface area contributed by atoms with Gasteiger partial charge in [-0.3, -0.25) is 9.69 Å². The molecule has 3 aromatic carbocycles. The van der Waals surface area contributed by atoms with Crippen LogP contribution in [0.5, 0.6) is 5.75 Å². The van der Waals surface area contributed by atoms with Gasteiger partial charge in [-0.2, -0.15) is 0 Å². The maximum atomic E-state index is 13.1. The summed E-state index contributed by atoms with van der Waals surface area (Å²) in [5, 5.41) is 11.3. The Morgan fingerprint density at radius 2 is 1.51 bits per heavy atom. The number of aliphatic hydroxyl groups is 1. The monoisotopic (exact) mass is 640 g/mol. The zero-order chi connectivity index (χ0) is 32.5. The summed E-state index contributed by atoms with van der Waals surface area (Å²) < 4.78 is 17.0. The Morgan fingerprint density at radius 1 is 0.830 bits per heavy atom. The summed E-state index contributed by atoms with van der Waals surface area (Å²) in [6.07, 6.45) is 6.57. The van der Waals surface area contributed by atoms with Gasteiger partial charge >= 0.3 is 5.97 Å². The van der Waals surface area contributed by atoms with E-state index in [0.717, 1.165) is 75.3 Å². The first-order valence-electron chi connectivity index (χ1n) is 17.6. The molecule has 252 valence electrons. The van der Waals surface area contributed by atoms with Gasteiger partial charge in [0.25, 0.3) is 0 Å². The molecule has 4 atom stereocenters. The van der Waals surface area contributed by atoms with Crippen LogP contribution in [0.15, 0.2) is 84.9 Å². The summed E-state index contributed by atoms with van der Waals surface area (Å²) >= 11 is 0. The van der Waals surface area contributed by atoms with Crippen LogP contribution in [0, 0.1) is 11.8 Å². The summed E-state index contributed by atoms with van der Waals surface area (Å²) in [7, 11) is 1.65. The number of carbonyl (C=O) groups is 1. The van der Waals surface area contributed by atoms with Crippen LogP contribution >= 0.6 is 0 Å². The second-order valence-electron chi connectivity index (χ2n) is 14.1. The lowest BCUT2D eigenvalue weighted by Gasteiger charge is -2.40. The van der Waals surface area contributed by atoms with Gasteiger partial charge in [0.2, 0.25) is 0 Å². The Labute approximate surface area is 280 Å². The lowest BCUT2D eigenvalue weighted by atomic mass is 9.81. The summed E-state index contributed by atoms with van der Waals surface area (Å²) in [4.78, 5) is 18.3. The maximum absolute atomic E-state index is 13.1. The fourth-order valence-electron chi connectivity index (χ4n) is 8.06. The number of benzene rings is 3.